The molecule has 1 aromatic rings. The third-order valence-electron chi connectivity index (χ3n) is 1.53. The van der Waals surface area contributed by atoms with Crippen molar-refractivity contribution in [2.45, 2.75) is 27.2 Å². The zero-order valence-electron chi connectivity index (χ0n) is 9.12. The van der Waals surface area contributed by atoms with Crippen LogP contribution in [0.3, 0.4) is 0 Å². The van der Waals surface area contributed by atoms with Crippen LogP contribution < -0.4 is 11.5 Å². The number of nitrogen functional groups attached to an aromatic ring is 1. The summed E-state index contributed by atoms with van der Waals surface area (Å²) in [6.07, 6.45) is 0.768. The van der Waals surface area contributed by atoms with Crippen LogP contribution in [0.5, 0.6) is 0 Å². The molecule has 0 heterocycles. The summed E-state index contributed by atoms with van der Waals surface area (Å²) in [5, 5.41) is 0. The molecule has 0 radical (unpaired) electrons. The van der Waals surface area contributed by atoms with Crippen LogP contribution >= 0.6 is 0 Å². The zero-order chi connectivity index (χ0) is 11.0. The van der Waals surface area contributed by atoms with Gasteiger partial charge in [-0.15, -0.1) is 0 Å². The molecule has 0 unspecified atom stereocenters. The highest BCUT2D eigenvalue weighted by molar-refractivity contribution is 5.82. The third kappa shape index (κ3) is 4.50. The van der Waals surface area contributed by atoms with Gasteiger partial charge in [-0.05, 0) is 24.3 Å². The van der Waals surface area contributed by atoms with E-state index < -0.39 is 0 Å². The first-order chi connectivity index (χ1) is 6.72. The van der Waals surface area contributed by atoms with E-state index in [1.165, 1.54) is 0 Å². The van der Waals surface area contributed by atoms with E-state index in [1.807, 2.05) is 45.0 Å². The molecule has 3 heteroatoms. The van der Waals surface area contributed by atoms with Gasteiger partial charge in [0.1, 0.15) is 0 Å². The average molecular weight is 193 g/mol. The van der Waals surface area contributed by atoms with Gasteiger partial charge in [0.2, 0.25) is 0 Å². The maximum Gasteiger partial charge on any atom is 0.0993 e. The molecule has 78 valence electrons. The second kappa shape index (κ2) is 6.95. The number of benzene rings is 1. The van der Waals surface area contributed by atoms with E-state index in [-0.39, 0.29) is 0 Å². The van der Waals surface area contributed by atoms with Crippen LogP contribution in [0.2, 0.25) is 0 Å². The Balaban J connectivity index is 0.000000791. The Kier molecular flexibility index (Phi) is 6.20. The van der Waals surface area contributed by atoms with Crippen molar-refractivity contribution >= 4 is 17.2 Å². The van der Waals surface area contributed by atoms with Crippen LogP contribution in [0.1, 0.15) is 27.2 Å². The molecule has 0 bridgehead atoms. The van der Waals surface area contributed by atoms with Crippen molar-refractivity contribution in [1.29, 1.82) is 0 Å². The first-order valence-corrected chi connectivity index (χ1v) is 4.91. The molecule has 0 saturated carbocycles. The van der Waals surface area contributed by atoms with Gasteiger partial charge in [0.25, 0.3) is 0 Å². The monoisotopic (exact) mass is 193 g/mol. The first kappa shape index (κ1) is 12.5. The van der Waals surface area contributed by atoms with Gasteiger partial charge < -0.3 is 11.5 Å². The molecule has 1 aromatic carbocycles. The van der Waals surface area contributed by atoms with E-state index in [0.717, 1.165) is 17.8 Å². The number of anilines is 1. The average Bonchev–Trinajstić information content (AvgIpc) is 2.24. The minimum absolute atomic E-state index is 0.639. The van der Waals surface area contributed by atoms with Gasteiger partial charge in [0.15, 0.2) is 0 Å². The van der Waals surface area contributed by atoms with Crippen LogP contribution in [0, 0.1) is 0 Å². The highest BCUT2D eigenvalue weighted by Crippen LogP contribution is 2.13. The quantitative estimate of drug-likeness (QED) is 0.431. The summed E-state index contributed by atoms with van der Waals surface area (Å²) in [6, 6.07) is 7.30. The maximum atomic E-state index is 5.56. The maximum absolute atomic E-state index is 5.56. The van der Waals surface area contributed by atoms with E-state index >= 15 is 0 Å². The minimum atomic E-state index is 0.639. The van der Waals surface area contributed by atoms with Crippen molar-refractivity contribution in [1.82, 2.24) is 0 Å². The molecule has 4 N–H and O–H groups in total. The lowest BCUT2D eigenvalue weighted by atomic mass is 10.3. The lowest BCUT2D eigenvalue weighted by molar-refractivity contribution is 1.24. The summed E-state index contributed by atoms with van der Waals surface area (Å²) < 4.78 is 0. The van der Waals surface area contributed by atoms with E-state index in [0.29, 0.717) is 5.84 Å². The second-order valence-electron chi connectivity index (χ2n) is 2.55. The molecule has 0 fully saturated rings. The van der Waals surface area contributed by atoms with Gasteiger partial charge in [-0.25, -0.2) is 4.99 Å². The van der Waals surface area contributed by atoms with Crippen LogP contribution in [0.25, 0.3) is 0 Å². The third-order valence-corrected chi connectivity index (χ3v) is 1.53. The number of nitrogens with zero attached hydrogens (tertiary/aromatic N) is 1. The SMILES string of the molecule is CC.CCC(N)=Nc1ccc(N)cc1. The fraction of sp³-hybridized carbons (Fsp3) is 0.364. The predicted molar refractivity (Wildman–Crippen MR) is 63.8 cm³/mol. The molecule has 14 heavy (non-hydrogen) atoms. The van der Waals surface area contributed by atoms with Gasteiger partial charge in [0, 0.05) is 12.1 Å². The molecule has 0 spiro atoms. The van der Waals surface area contributed by atoms with Gasteiger partial charge >= 0.3 is 0 Å². The molecule has 0 atom stereocenters. The van der Waals surface area contributed by atoms with Crippen molar-refractivity contribution in [3.05, 3.63) is 24.3 Å². The fourth-order valence-electron chi connectivity index (χ4n) is 0.794. The molecule has 0 aliphatic rings. The minimum Gasteiger partial charge on any atom is -0.399 e. The Morgan fingerprint density at radius 1 is 1.21 bits per heavy atom. The van der Waals surface area contributed by atoms with Crippen molar-refractivity contribution in [3.63, 3.8) is 0 Å². The summed E-state index contributed by atoms with van der Waals surface area (Å²) >= 11 is 0. The van der Waals surface area contributed by atoms with Gasteiger partial charge in [-0.1, -0.05) is 20.8 Å². The van der Waals surface area contributed by atoms with Gasteiger partial charge in [-0.3, -0.25) is 0 Å². The van der Waals surface area contributed by atoms with Gasteiger partial charge in [-0.2, -0.15) is 0 Å². The smallest absolute Gasteiger partial charge is 0.0993 e. The van der Waals surface area contributed by atoms with E-state index in [4.69, 9.17) is 11.5 Å². The Hall–Kier alpha value is -1.51. The molecule has 0 aromatic heterocycles. The summed E-state index contributed by atoms with van der Waals surface area (Å²) in [6.45, 7) is 5.97. The molecule has 0 aliphatic carbocycles. The Labute approximate surface area is 85.8 Å². The highest BCUT2D eigenvalue weighted by Gasteiger charge is 1.90. The lowest BCUT2D eigenvalue weighted by Gasteiger charge is -1.97. The standard InChI is InChI=1S/C9H13N3.C2H6/c1-2-9(11)12-8-5-3-7(10)4-6-8;1-2/h3-6H,2,10H2,1H3,(H2,11,12);1-2H3. The van der Waals surface area contributed by atoms with Gasteiger partial charge in [0.05, 0.1) is 11.5 Å². The Bertz CT molecular complexity index is 275. The fourth-order valence-corrected chi connectivity index (χ4v) is 0.794. The number of rotatable bonds is 2. The normalized spacial score (nSPS) is 10.4. The van der Waals surface area contributed by atoms with E-state index in [9.17, 15) is 0 Å². The molecule has 0 saturated heterocycles. The molecule has 3 nitrogen and oxygen atoms in total. The van der Waals surface area contributed by atoms with Crippen LogP contribution in [0.4, 0.5) is 11.4 Å². The van der Waals surface area contributed by atoms with Crippen LogP contribution in [-0.2, 0) is 0 Å². The molecular weight excluding hydrogens is 174 g/mol. The zero-order valence-corrected chi connectivity index (χ0v) is 9.12. The van der Waals surface area contributed by atoms with Crippen molar-refractivity contribution < 1.29 is 0 Å². The molecule has 0 aliphatic heterocycles. The number of hydrogen-bond donors (Lipinski definition) is 2. The predicted octanol–water partition coefficient (Wildman–Crippen LogP) is 2.69. The number of hydrogen-bond acceptors (Lipinski definition) is 2. The first-order valence-electron chi connectivity index (χ1n) is 4.91. The molecule has 0 amide bonds. The van der Waals surface area contributed by atoms with Crippen LogP contribution in [0.15, 0.2) is 29.3 Å². The Morgan fingerprint density at radius 3 is 2.14 bits per heavy atom. The van der Waals surface area contributed by atoms with E-state index in [1.54, 1.807) is 0 Å². The number of amidine groups is 1. The van der Waals surface area contributed by atoms with E-state index in [2.05, 4.69) is 4.99 Å². The number of nitrogens with two attached hydrogens (primary N) is 2. The molecular formula is C11H19N3. The highest BCUT2D eigenvalue weighted by atomic mass is 14.8. The number of aliphatic imine (C=N–C) groups is 1. The topological polar surface area (TPSA) is 64.4 Å². The summed E-state index contributed by atoms with van der Waals surface area (Å²) in [7, 11) is 0. The van der Waals surface area contributed by atoms with Crippen molar-refractivity contribution in [2.75, 3.05) is 5.73 Å². The summed E-state index contributed by atoms with van der Waals surface area (Å²) in [5.41, 5.74) is 12.7. The van der Waals surface area contributed by atoms with Crippen molar-refractivity contribution in [3.8, 4) is 0 Å². The lowest BCUT2D eigenvalue weighted by Crippen LogP contribution is -2.08. The largest absolute Gasteiger partial charge is 0.399 e. The second-order valence-corrected chi connectivity index (χ2v) is 2.55. The molecule has 1 rings (SSSR count). The summed E-state index contributed by atoms with van der Waals surface area (Å²) in [4.78, 5) is 4.16. The summed E-state index contributed by atoms with van der Waals surface area (Å²) in [5.74, 6) is 0.639. The Morgan fingerprint density at radius 2 is 1.71 bits per heavy atom. The van der Waals surface area contributed by atoms with Crippen LogP contribution in [-0.4, -0.2) is 5.84 Å². The van der Waals surface area contributed by atoms with Crippen molar-refractivity contribution in [2.24, 2.45) is 10.7 Å².